The highest BCUT2D eigenvalue weighted by molar-refractivity contribution is 5.37. The van der Waals surface area contributed by atoms with Gasteiger partial charge in [-0.05, 0) is 30.5 Å². The highest BCUT2D eigenvalue weighted by atomic mass is 15.3. The number of nitrogens with zero attached hydrogens (tertiary/aromatic N) is 3. The molecule has 2 heterocycles. The third-order valence-corrected chi connectivity index (χ3v) is 3.65. The molecule has 0 radical (unpaired) electrons. The van der Waals surface area contributed by atoms with E-state index in [4.69, 9.17) is 0 Å². The predicted octanol–water partition coefficient (Wildman–Crippen LogP) is 2.78. The van der Waals surface area contributed by atoms with E-state index in [1.54, 1.807) is 0 Å². The van der Waals surface area contributed by atoms with Crippen LogP contribution in [0.5, 0.6) is 0 Å². The molecule has 0 saturated carbocycles. The first-order valence-corrected chi connectivity index (χ1v) is 6.42. The lowest BCUT2D eigenvalue weighted by Crippen LogP contribution is -2.21. The Morgan fingerprint density at radius 1 is 1.11 bits per heavy atom. The summed E-state index contributed by atoms with van der Waals surface area (Å²) in [5.74, 6) is 1.46. The van der Waals surface area contributed by atoms with Gasteiger partial charge in [-0.2, -0.15) is 0 Å². The molecule has 0 bridgehead atoms. The van der Waals surface area contributed by atoms with Crippen molar-refractivity contribution < 1.29 is 0 Å². The highest BCUT2D eigenvalue weighted by Crippen LogP contribution is 2.30. The Balaban J connectivity index is 1.78. The first-order chi connectivity index (χ1) is 8.84. The van der Waals surface area contributed by atoms with Crippen molar-refractivity contribution in [3.05, 3.63) is 53.9 Å². The first kappa shape index (κ1) is 11.2. The van der Waals surface area contributed by atoms with E-state index < -0.39 is 0 Å². The molecule has 1 aliphatic heterocycles. The summed E-state index contributed by atoms with van der Waals surface area (Å²) in [6.07, 6.45) is 4.80. The van der Waals surface area contributed by atoms with Gasteiger partial charge in [0.2, 0.25) is 5.95 Å². The summed E-state index contributed by atoms with van der Waals surface area (Å²) >= 11 is 0. The molecule has 92 valence electrons. The molecule has 1 fully saturated rings. The Hall–Kier alpha value is -1.90. The molecule has 1 aromatic carbocycles. The summed E-state index contributed by atoms with van der Waals surface area (Å²) in [5, 5.41) is 0. The Morgan fingerprint density at radius 3 is 2.67 bits per heavy atom. The van der Waals surface area contributed by atoms with Crippen molar-refractivity contribution in [2.75, 3.05) is 18.0 Å². The average molecular weight is 239 g/mol. The van der Waals surface area contributed by atoms with E-state index in [0.29, 0.717) is 5.92 Å². The molecule has 0 spiro atoms. The zero-order chi connectivity index (χ0) is 12.4. The minimum atomic E-state index is 0.606. The molecule has 1 saturated heterocycles. The minimum Gasteiger partial charge on any atom is -0.340 e. The number of hydrogen-bond donors (Lipinski definition) is 0. The average Bonchev–Trinajstić information content (AvgIpc) is 2.90. The highest BCUT2D eigenvalue weighted by Gasteiger charge is 2.26. The van der Waals surface area contributed by atoms with Gasteiger partial charge in [0.05, 0.1) is 0 Å². The van der Waals surface area contributed by atoms with Crippen LogP contribution in [0.3, 0.4) is 0 Å². The molecule has 2 aromatic rings. The van der Waals surface area contributed by atoms with Crippen LogP contribution in [0.4, 0.5) is 5.95 Å². The molecule has 3 nitrogen and oxygen atoms in total. The van der Waals surface area contributed by atoms with E-state index in [9.17, 15) is 0 Å². The van der Waals surface area contributed by atoms with Crippen molar-refractivity contribution in [2.45, 2.75) is 19.3 Å². The Bertz CT molecular complexity index is 524. The molecule has 3 heteroatoms. The molecule has 18 heavy (non-hydrogen) atoms. The van der Waals surface area contributed by atoms with Gasteiger partial charge in [-0.1, -0.05) is 24.3 Å². The monoisotopic (exact) mass is 239 g/mol. The van der Waals surface area contributed by atoms with Crippen molar-refractivity contribution in [1.29, 1.82) is 0 Å². The number of hydrogen-bond acceptors (Lipinski definition) is 3. The number of benzene rings is 1. The van der Waals surface area contributed by atoms with Crippen LogP contribution in [0.2, 0.25) is 0 Å². The van der Waals surface area contributed by atoms with E-state index in [-0.39, 0.29) is 0 Å². The van der Waals surface area contributed by atoms with Crippen LogP contribution in [0.25, 0.3) is 0 Å². The fraction of sp³-hybridized carbons (Fsp3) is 0.333. The molecule has 1 unspecified atom stereocenters. The zero-order valence-electron chi connectivity index (χ0n) is 10.6. The van der Waals surface area contributed by atoms with Gasteiger partial charge in [-0.25, -0.2) is 9.97 Å². The second-order valence-electron chi connectivity index (χ2n) is 4.84. The van der Waals surface area contributed by atoms with Crippen LogP contribution < -0.4 is 4.90 Å². The van der Waals surface area contributed by atoms with Crippen molar-refractivity contribution in [3.8, 4) is 0 Å². The maximum atomic E-state index is 4.33. The van der Waals surface area contributed by atoms with Gasteiger partial charge in [0.25, 0.3) is 0 Å². The lowest BCUT2D eigenvalue weighted by molar-refractivity contribution is 0.766. The smallest absolute Gasteiger partial charge is 0.225 e. The van der Waals surface area contributed by atoms with Gasteiger partial charge in [-0.3, -0.25) is 0 Å². The predicted molar refractivity (Wildman–Crippen MR) is 72.8 cm³/mol. The second kappa shape index (κ2) is 4.77. The van der Waals surface area contributed by atoms with Crippen LogP contribution in [0.15, 0.2) is 42.7 Å². The lowest BCUT2D eigenvalue weighted by atomic mass is 9.94. The third kappa shape index (κ3) is 2.08. The molecule has 3 rings (SSSR count). The number of aryl methyl sites for hydroxylation is 1. The van der Waals surface area contributed by atoms with Gasteiger partial charge in [0.15, 0.2) is 0 Å². The summed E-state index contributed by atoms with van der Waals surface area (Å²) in [7, 11) is 0. The number of anilines is 1. The largest absolute Gasteiger partial charge is 0.340 e. The van der Waals surface area contributed by atoms with Gasteiger partial charge in [0, 0.05) is 31.4 Å². The maximum Gasteiger partial charge on any atom is 0.225 e. The molecule has 1 atom stereocenters. The fourth-order valence-corrected chi connectivity index (χ4v) is 2.70. The number of rotatable bonds is 2. The van der Waals surface area contributed by atoms with E-state index in [2.05, 4.69) is 46.1 Å². The first-order valence-electron chi connectivity index (χ1n) is 6.42. The molecular weight excluding hydrogens is 222 g/mol. The van der Waals surface area contributed by atoms with Gasteiger partial charge in [-0.15, -0.1) is 0 Å². The maximum absolute atomic E-state index is 4.33. The Labute approximate surface area is 108 Å². The van der Waals surface area contributed by atoms with E-state index in [0.717, 1.165) is 19.0 Å². The number of aromatic nitrogens is 2. The third-order valence-electron chi connectivity index (χ3n) is 3.65. The van der Waals surface area contributed by atoms with Gasteiger partial charge >= 0.3 is 0 Å². The van der Waals surface area contributed by atoms with Gasteiger partial charge < -0.3 is 4.90 Å². The Morgan fingerprint density at radius 2 is 1.89 bits per heavy atom. The van der Waals surface area contributed by atoms with E-state index in [1.165, 1.54) is 17.5 Å². The minimum absolute atomic E-state index is 0.606. The molecule has 1 aromatic heterocycles. The molecule has 0 N–H and O–H groups in total. The standard InChI is InChI=1S/C15H17N3/c1-12-5-2-3-6-14(12)13-7-10-18(11-13)15-16-8-4-9-17-15/h2-6,8-9,13H,7,10-11H2,1H3. The van der Waals surface area contributed by atoms with Gasteiger partial charge in [0.1, 0.15) is 0 Å². The summed E-state index contributed by atoms with van der Waals surface area (Å²) in [5.41, 5.74) is 2.86. The summed E-state index contributed by atoms with van der Waals surface area (Å²) < 4.78 is 0. The van der Waals surface area contributed by atoms with Crippen molar-refractivity contribution in [1.82, 2.24) is 9.97 Å². The molecule has 1 aliphatic rings. The zero-order valence-corrected chi connectivity index (χ0v) is 10.6. The second-order valence-corrected chi connectivity index (χ2v) is 4.84. The molecule has 0 aliphatic carbocycles. The quantitative estimate of drug-likeness (QED) is 0.807. The fourth-order valence-electron chi connectivity index (χ4n) is 2.70. The normalized spacial score (nSPS) is 19.2. The van der Waals surface area contributed by atoms with Crippen LogP contribution in [0, 0.1) is 6.92 Å². The van der Waals surface area contributed by atoms with Crippen LogP contribution in [-0.4, -0.2) is 23.1 Å². The van der Waals surface area contributed by atoms with E-state index in [1.807, 2.05) is 18.5 Å². The van der Waals surface area contributed by atoms with Crippen LogP contribution in [-0.2, 0) is 0 Å². The topological polar surface area (TPSA) is 29.0 Å². The summed E-state index contributed by atoms with van der Waals surface area (Å²) in [6, 6.07) is 10.5. The molecule has 0 amide bonds. The van der Waals surface area contributed by atoms with Crippen molar-refractivity contribution >= 4 is 5.95 Å². The Kier molecular flexibility index (Phi) is 2.97. The lowest BCUT2D eigenvalue weighted by Gasteiger charge is -2.17. The SMILES string of the molecule is Cc1ccccc1C1CCN(c2ncccn2)C1. The van der Waals surface area contributed by atoms with Crippen LogP contribution in [0.1, 0.15) is 23.5 Å². The molecular formula is C15H17N3. The van der Waals surface area contributed by atoms with E-state index >= 15 is 0 Å². The van der Waals surface area contributed by atoms with Crippen LogP contribution >= 0.6 is 0 Å². The summed E-state index contributed by atoms with van der Waals surface area (Å²) in [4.78, 5) is 10.9. The summed E-state index contributed by atoms with van der Waals surface area (Å²) in [6.45, 7) is 4.26. The van der Waals surface area contributed by atoms with Crippen molar-refractivity contribution in [2.24, 2.45) is 0 Å². The van der Waals surface area contributed by atoms with Crippen molar-refractivity contribution in [3.63, 3.8) is 0 Å².